The number of nitrogens with zero attached hydrogens (tertiary/aromatic N) is 4. The van der Waals surface area contributed by atoms with E-state index in [2.05, 4.69) is 10.4 Å². The van der Waals surface area contributed by atoms with E-state index in [0.29, 0.717) is 28.6 Å². The molecule has 174 valence electrons. The molecule has 4 rings (SSSR count). The maximum atomic E-state index is 13.0. The van der Waals surface area contributed by atoms with Crippen LogP contribution in [0.3, 0.4) is 0 Å². The molecule has 10 nitrogen and oxygen atoms in total. The van der Waals surface area contributed by atoms with Crippen molar-refractivity contribution < 1.29 is 19.2 Å². The summed E-state index contributed by atoms with van der Waals surface area (Å²) in [6.45, 7) is 1.98. The molecule has 1 aliphatic rings. The minimum Gasteiger partial charge on any atom is -0.496 e. The van der Waals surface area contributed by atoms with Crippen molar-refractivity contribution in [2.45, 2.75) is 13.5 Å². The van der Waals surface area contributed by atoms with E-state index in [-0.39, 0.29) is 23.3 Å². The van der Waals surface area contributed by atoms with Crippen LogP contribution in [0.15, 0.2) is 54.4 Å². The summed E-state index contributed by atoms with van der Waals surface area (Å²) in [5.74, 6) is 0.815. The van der Waals surface area contributed by atoms with E-state index in [1.54, 1.807) is 37.2 Å². The number of hydrogen-bond donors (Lipinski definition) is 1. The number of carbonyl (C=O) groups excluding carboxylic acids is 1. The highest BCUT2D eigenvalue weighted by Crippen LogP contribution is 2.27. The first-order valence-corrected chi connectivity index (χ1v) is 10.6. The molecule has 2 heterocycles. The largest absolute Gasteiger partial charge is 0.496 e. The molecule has 0 bridgehead atoms. The van der Waals surface area contributed by atoms with E-state index >= 15 is 0 Å². The van der Waals surface area contributed by atoms with Gasteiger partial charge in [0.25, 0.3) is 11.6 Å². The molecule has 34 heavy (non-hydrogen) atoms. The Labute approximate surface area is 200 Å². The number of thiocarbonyl (C=S) groups is 1. The number of benzene rings is 2. The molecule has 1 fully saturated rings. The highest BCUT2D eigenvalue weighted by molar-refractivity contribution is 7.80. The van der Waals surface area contributed by atoms with Crippen LogP contribution in [0, 0.1) is 17.0 Å². The lowest BCUT2D eigenvalue weighted by atomic mass is 10.1. The number of nitro groups is 1. The number of aromatic nitrogens is 2. The highest BCUT2D eigenvalue weighted by Gasteiger charge is 2.33. The lowest BCUT2D eigenvalue weighted by Crippen LogP contribution is -2.30. The van der Waals surface area contributed by atoms with Crippen molar-refractivity contribution >= 4 is 40.7 Å². The summed E-state index contributed by atoms with van der Waals surface area (Å²) in [6, 6.07) is 11.3. The van der Waals surface area contributed by atoms with E-state index in [1.807, 2.05) is 19.1 Å². The van der Waals surface area contributed by atoms with Crippen molar-refractivity contribution in [2.24, 2.45) is 7.05 Å². The van der Waals surface area contributed by atoms with Crippen LogP contribution in [0.2, 0.25) is 0 Å². The average Bonchev–Trinajstić information content (AvgIpc) is 3.28. The van der Waals surface area contributed by atoms with Crippen LogP contribution < -0.4 is 19.7 Å². The van der Waals surface area contributed by atoms with Gasteiger partial charge in [0.05, 0.1) is 23.4 Å². The Kier molecular flexibility index (Phi) is 6.28. The monoisotopic (exact) mass is 479 g/mol. The summed E-state index contributed by atoms with van der Waals surface area (Å²) in [4.78, 5) is 24.8. The van der Waals surface area contributed by atoms with Crippen LogP contribution in [0.25, 0.3) is 6.08 Å². The molecule has 1 aliphatic heterocycles. The molecule has 0 unspecified atom stereocenters. The Morgan fingerprint density at radius 1 is 1.24 bits per heavy atom. The van der Waals surface area contributed by atoms with Crippen LogP contribution in [0.5, 0.6) is 11.5 Å². The maximum absolute atomic E-state index is 13.0. The molecular weight excluding hydrogens is 458 g/mol. The van der Waals surface area contributed by atoms with E-state index in [0.717, 1.165) is 11.1 Å². The zero-order valence-corrected chi connectivity index (χ0v) is 19.5. The highest BCUT2D eigenvalue weighted by atomic mass is 32.1. The molecule has 1 N–H and O–H groups in total. The number of rotatable bonds is 7. The van der Waals surface area contributed by atoms with E-state index in [9.17, 15) is 14.9 Å². The normalized spacial score (nSPS) is 14.4. The van der Waals surface area contributed by atoms with Gasteiger partial charge in [0.2, 0.25) is 0 Å². The summed E-state index contributed by atoms with van der Waals surface area (Å²) in [6.07, 6.45) is 3.44. The number of hydrogen-bond acceptors (Lipinski definition) is 7. The number of nitrogens with one attached hydrogen (secondary N) is 1. The molecule has 1 aromatic heterocycles. The number of non-ortho nitro benzene ring substituents is 1. The maximum Gasteiger partial charge on any atom is 0.281 e. The molecule has 1 amide bonds. The zero-order chi connectivity index (χ0) is 24.4. The predicted molar refractivity (Wildman–Crippen MR) is 130 cm³/mol. The first-order valence-electron chi connectivity index (χ1n) is 10.2. The van der Waals surface area contributed by atoms with Gasteiger partial charge in [-0.25, -0.2) is 4.90 Å². The molecular formula is C23H21N5O5S. The Morgan fingerprint density at radius 2 is 1.97 bits per heavy atom. The number of nitro benzene ring substituents is 1. The SMILES string of the molecule is COc1ccc(/C=C2/NC(=S)N(c3cn(C)nc3C)C2=O)cc1COc1ccc([N+](=O)[O-])cc1. The van der Waals surface area contributed by atoms with Crippen molar-refractivity contribution in [3.05, 3.63) is 81.3 Å². The summed E-state index contributed by atoms with van der Waals surface area (Å²) < 4.78 is 12.8. The minimum atomic E-state index is -0.468. The van der Waals surface area contributed by atoms with Gasteiger partial charge in [0.15, 0.2) is 5.11 Å². The summed E-state index contributed by atoms with van der Waals surface area (Å²) in [7, 11) is 3.33. The number of amides is 1. The van der Waals surface area contributed by atoms with Gasteiger partial charge >= 0.3 is 0 Å². The fourth-order valence-corrected chi connectivity index (χ4v) is 3.84. The lowest BCUT2D eigenvalue weighted by Gasteiger charge is -2.12. The third kappa shape index (κ3) is 4.59. The van der Waals surface area contributed by atoms with Gasteiger partial charge < -0.3 is 14.8 Å². The molecule has 1 saturated heterocycles. The predicted octanol–water partition coefficient (Wildman–Crippen LogP) is 3.49. The third-order valence-electron chi connectivity index (χ3n) is 5.16. The molecule has 0 atom stereocenters. The van der Waals surface area contributed by atoms with Crippen LogP contribution in [-0.2, 0) is 18.4 Å². The lowest BCUT2D eigenvalue weighted by molar-refractivity contribution is -0.384. The van der Waals surface area contributed by atoms with Gasteiger partial charge in [-0.1, -0.05) is 6.07 Å². The van der Waals surface area contributed by atoms with Gasteiger partial charge in [0, 0.05) is 30.9 Å². The molecule has 2 aromatic carbocycles. The second-order valence-corrected chi connectivity index (χ2v) is 7.90. The Hall–Kier alpha value is -4.25. The topological polar surface area (TPSA) is 112 Å². The summed E-state index contributed by atoms with van der Waals surface area (Å²) in [5, 5.41) is 18.3. The molecule has 3 aromatic rings. The zero-order valence-electron chi connectivity index (χ0n) is 18.6. The fraction of sp³-hybridized carbons (Fsp3) is 0.174. The van der Waals surface area contributed by atoms with Crippen LogP contribution >= 0.6 is 12.2 Å². The molecule has 11 heteroatoms. The standard InChI is InChI=1S/C23H21N5O5S/c1-14-20(12-26(2)25-14)27-22(29)19(24-23(27)34)11-15-4-9-21(32-3)16(10-15)13-33-18-7-5-17(6-8-18)28(30)31/h4-12H,13H2,1-3H3,(H,24,34)/b19-11+. The smallest absolute Gasteiger partial charge is 0.281 e. The van der Waals surface area contributed by atoms with Gasteiger partial charge in [-0.2, -0.15) is 5.10 Å². The van der Waals surface area contributed by atoms with Gasteiger partial charge in [-0.15, -0.1) is 0 Å². The van der Waals surface area contributed by atoms with Gasteiger partial charge in [0.1, 0.15) is 23.8 Å². The van der Waals surface area contributed by atoms with Crippen molar-refractivity contribution in [2.75, 3.05) is 12.0 Å². The number of ether oxygens (including phenoxy) is 2. The van der Waals surface area contributed by atoms with Gasteiger partial charge in [-0.3, -0.25) is 19.6 Å². The number of methoxy groups -OCH3 is 1. The first kappa shape index (κ1) is 22.9. The van der Waals surface area contributed by atoms with Gasteiger partial charge in [-0.05, 0) is 55.0 Å². The second-order valence-electron chi connectivity index (χ2n) is 7.51. The molecule has 0 spiro atoms. The number of carbonyl (C=O) groups is 1. The molecule has 0 saturated carbocycles. The Balaban J connectivity index is 1.55. The fourth-order valence-electron chi connectivity index (χ4n) is 3.55. The van der Waals surface area contributed by atoms with Crippen LogP contribution in [0.1, 0.15) is 16.8 Å². The third-order valence-corrected chi connectivity index (χ3v) is 5.45. The van der Waals surface area contributed by atoms with E-state index < -0.39 is 4.92 Å². The molecule has 0 radical (unpaired) electrons. The second kappa shape index (κ2) is 9.32. The molecule has 0 aliphatic carbocycles. The summed E-state index contributed by atoms with van der Waals surface area (Å²) in [5.41, 5.74) is 3.12. The van der Waals surface area contributed by atoms with Crippen molar-refractivity contribution in [3.63, 3.8) is 0 Å². The summed E-state index contributed by atoms with van der Waals surface area (Å²) >= 11 is 5.38. The number of anilines is 1. The van der Waals surface area contributed by atoms with Crippen molar-refractivity contribution in [1.29, 1.82) is 0 Å². The Morgan fingerprint density at radius 3 is 2.59 bits per heavy atom. The first-order chi connectivity index (χ1) is 16.3. The van der Waals surface area contributed by atoms with Crippen molar-refractivity contribution in [3.8, 4) is 11.5 Å². The van der Waals surface area contributed by atoms with Crippen LogP contribution in [-0.4, -0.2) is 32.8 Å². The minimum absolute atomic E-state index is 0.0132. The average molecular weight is 480 g/mol. The van der Waals surface area contributed by atoms with Crippen molar-refractivity contribution in [1.82, 2.24) is 15.1 Å². The van der Waals surface area contributed by atoms with Crippen LogP contribution in [0.4, 0.5) is 11.4 Å². The Bertz CT molecular complexity index is 1320. The van der Waals surface area contributed by atoms with E-state index in [1.165, 1.54) is 29.2 Å². The number of aryl methyl sites for hydroxylation is 2. The van der Waals surface area contributed by atoms with E-state index in [4.69, 9.17) is 21.7 Å². The quantitative estimate of drug-likeness (QED) is 0.237.